The Bertz CT molecular complexity index is 263. The highest BCUT2D eigenvalue weighted by molar-refractivity contribution is 5.29. The summed E-state index contributed by atoms with van der Waals surface area (Å²) in [4.78, 5) is 0. The van der Waals surface area contributed by atoms with Crippen LogP contribution < -0.4 is 10.5 Å². The second-order valence-corrected chi connectivity index (χ2v) is 2.57. The lowest BCUT2D eigenvalue weighted by Crippen LogP contribution is -2.11. The summed E-state index contributed by atoms with van der Waals surface area (Å²) < 4.78 is 18.0. The smallest absolute Gasteiger partial charge is 0.165 e. The van der Waals surface area contributed by atoms with Gasteiger partial charge in [0.2, 0.25) is 0 Å². The maximum absolute atomic E-state index is 12.9. The third-order valence-corrected chi connectivity index (χ3v) is 1.46. The first kappa shape index (κ1) is 9.00. The molecule has 0 radical (unpaired) electrons. The van der Waals surface area contributed by atoms with Crippen molar-refractivity contribution >= 4 is 0 Å². The Hall–Kier alpha value is -1.09. The van der Waals surface area contributed by atoms with Gasteiger partial charge < -0.3 is 10.5 Å². The molecule has 1 aromatic rings. The minimum Gasteiger partial charge on any atom is -0.489 e. The van der Waals surface area contributed by atoms with Crippen molar-refractivity contribution < 1.29 is 9.13 Å². The Morgan fingerprint density at radius 1 is 1.50 bits per heavy atom. The molecule has 0 aliphatic carbocycles. The molecule has 3 heteroatoms. The maximum Gasteiger partial charge on any atom is 0.165 e. The van der Waals surface area contributed by atoms with Gasteiger partial charge >= 0.3 is 0 Å². The topological polar surface area (TPSA) is 35.2 Å². The molecular formula is C9H12FNO. The first-order chi connectivity index (χ1) is 5.74. The Kier molecular flexibility index (Phi) is 3.05. The summed E-state index contributed by atoms with van der Waals surface area (Å²) in [6.07, 6.45) is 0. The van der Waals surface area contributed by atoms with Gasteiger partial charge in [-0.3, -0.25) is 0 Å². The van der Waals surface area contributed by atoms with E-state index in [4.69, 9.17) is 10.5 Å². The normalized spacial score (nSPS) is 9.92. The summed E-state index contributed by atoms with van der Waals surface area (Å²) >= 11 is 0. The molecule has 0 amide bonds. The van der Waals surface area contributed by atoms with E-state index in [9.17, 15) is 4.39 Å². The maximum atomic E-state index is 12.9. The number of ether oxygens (including phenoxy) is 1. The van der Waals surface area contributed by atoms with Gasteiger partial charge in [-0.05, 0) is 24.6 Å². The molecule has 0 spiro atoms. The molecule has 0 bridgehead atoms. The molecule has 12 heavy (non-hydrogen) atoms. The van der Waals surface area contributed by atoms with E-state index in [1.165, 1.54) is 6.07 Å². The van der Waals surface area contributed by atoms with E-state index in [1.54, 1.807) is 12.1 Å². The van der Waals surface area contributed by atoms with Crippen LogP contribution in [0.1, 0.15) is 5.56 Å². The second kappa shape index (κ2) is 4.07. The molecule has 0 fully saturated rings. The van der Waals surface area contributed by atoms with Crippen LogP contribution in [0.15, 0.2) is 18.2 Å². The third kappa shape index (κ3) is 2.20. The van der Waals surface area contributed by atoms with Crippen LogP contribution in [0.25, 0.3) is 0 Å². The highest BCUT2D eigenvalue weighted by Crippen LogP contribution is 2.17. The van der Waals surface area contributed by atoms with Crippen molar-refractivity contribution in [1.29, 1.82) is 0 Å². The summed E-state index contributed by atoms with van der Waals surface area (Å²) in [5.74, 6) is -0.0606. The summed E-state index contributed by atoms with van der Waals surface area (Å²) in [7, 11) is 0. The van der Waals surface area contributed by atoms with E-state index in [-0.39, 0.29) is 11.6 Å². The fourth-order valence-electron chi connectivity index (χ4n) is 0.890. The largest absolute Gasteiger partial charge is 0.489 e. The Morgan fingerprint density at radius 2 is 2.25 bits per heavy atom. The molecule has 66 valence electrons. The van der Waals surface area contributed by atoms with E-state index in [0.29, 0.717) is 13.2 Å². The Balaban J connectivity index is 2.75. The standard InChI is InChI=1S/C9H12FNO/c1-7-2-3-8(10)9(6-7)12-5-4-11/h2-3,6H,4-5,11H2,1H3. The van der Waals surface area contributed by atoms with Crippen molar-refractivity contribution in [1.82, 2.24) is 0 Å². The fourth-order valence-corrected chi connectivity index (χ4v) is 0.890. The van der Waals surface area contributed by atoms with Gasteiger partial charge in [0.25, 0.3) is 0 Å². The van der Waals surface area contributed by atoms with Gasteiger partial charge in [0.05, 0.1) is 0 Å². The van der Waals surface area contributed by atoms with E-state index < -0.39 is 0 Å². The number of rotatable bonds is 3. The number of halogens is 1. The van der Waals surface area contributed by atoms with E-state index in [1.807, 2.05) is 6.92 Å². The third-order valence-electron chi connectivity index (χ3n) is 1.46. The number of benzene rings is 1. The number of aryl methyl sites for hydroxylation is 1. The number of hydrogen-bond donors (Lipinski definition) is 1. The van der Waals surface area contributed by atoms with Crippen molar-refractivity contribution in [2.24, 2.45) is 5.73 Å². The van der Waals surface area contributed by atoms with Crippen molar-refractivity contribution in [3.8, 4) is 5.75 Å². The lowest BCUT2D eigenvalue weighted by Gasteiger charge is -2.05. The lowest BCUT2D eigenvalue weighted by molar-refractivity contribution is 0.311. The lowest BCUT2D eigenvalue weighted by atomic mass is 10.2. The van der Waals surface area contributed by atoms with E-state index >= 15 is 0 Å². The predicted octanol–water partition coefficient (Wildman–Crippen LogP) is 1.47. The number of hydrogen-bond acceptors (Lipinski definition) is 2. The van der Waals surface area contributed by atoms with Gasteiger partial charge in [0.1, 0.15) is 6.61 Å². The molecule has 1 aromatic carbocycles. The predicted molar refractivity (Wildman–Crippen MR) is 45.7 cm³/mol. The fraction of sp³-hybridized carbons (Fsp3) is 0.333. The molecule has 0 aromatic heterocycles. The zero-order chi connectivity index (χ0) is 8.97. The van der Waals surface area contributed by atoms with Gasteiger partial charge in [-0.2, -0.15) is 0 Å². The van der Waals surface area contributed by atoms with Crippen LogP contribution in [0.3, 0.4) is 0 Å². The molecule has 1 rings (SSSR count). The monoisotopic (exact) mass is 169 g/mol. The number of nitrogens with two attached hydrogens (primary N) is 1. The summed E-state index contributed by atoms with van der Waals surface area (Å²) in [5.41, 5.74) is 6.19. The van der Waals surface area contributed by atoms with Crippen molar-refractivity contribution in [2.75, 3.05) is 13.2 Å². The first-order valence-electron chi connectivity index (χ1n) is 3.83. The SMILES string of the molecule is Cc1ccc(F)c(OCCN)c1. The van der Waals surface area contributed by atoms with Crippen LogP contribution in [-0.4, -0.2) is 13.2 Å². The molecule has 0 heterocycles. The first-order valence-corrected chi connectivity index (χ1v) is 3.83. The van der Waals surface area contributed by atoms with Crippen LogP contribution >= 0.6 is 0 Å². The van der Waals surface area contributed by atoms with Gasteiger partial charge in [0, 0.05) is 6.54 Å². The average molecular weight is 169 g/mol. The summed E-state index contributed by atoms with van der Waals surface area (Å²) in [6.45, 7) is 2.63. The highest BCUT2D eigenvalue weighted by atomic mass is 19.1. The average Bonchev–Trinajstić information content (AvgIpc) is 2.07. The van der Waals surface area contributed by atoms with Gasteiger partial charge in [0.15, 0.2) is 11.6 Å². The highest BCUT2D eigenvalue weighted by Gasteiger charge is 2.01. The van der Waals surface area contributed by atoms with Crippen LogP contribution in [0.4, 0.5) is 4.39 Å². The molecule has 2 nitrogen and oxygen atoms in total. The molecule has 0 atom stereocenters. The summed E-state index contributed by atoms with van der Waals surface area (Å²) in [6, 6.07) is 4.75. The van der Waals surface area contributed by atoms with Crippen LogP contribution in [0.2, 0.25) is 0 Å². The van der Waals surface area contributed by atoms with Gasteiger partial charge in [-0.1, -0.05) is 6.07 Å². The quantitative estimate of drug-likeness (QED) is 0.743. The molecule has 0 aliphatic rings. The van der Waals surface area contributed by atoms with Crippen molar-refractivity contribution in [2.45, 2.75) is 6.92 Å². The molecule has 2 N–H and O–H groups in total. The van der Waals surface area contributed by atoms with E-state index in [0.717, 1.165) is 5.56 Å². The Morgan fingerprint density at radius 3 is 2.92 bits per heavy atom. The minimum atomic E-state index is -0.339. The Labute approximate surface area is 71.1 Å². The van der Waals surface area contributed by atoms with Crippen molar-refractivity contribution in [3.63, 3.8) is 0 Å². The molecular weight excluding hydrogens is 157 g/mol. The van der Waals surface area contributed by atoms with Crippen molar-refractivity contribution in [3.05, 3.63) is 29.6 Å². The van der Waals surface area contributed by atoms with Crippen LogP contribution in [-0.2, 0) is 0 Å². The van der Waals surface area contributed by atoms with Crippen LogP contribution in [0, 0.1) is 12.7 Å². The molecule has 0 unspecified atom stereocenters. The molecule has 0 aliphatic heterocycles. The second-order valence-electron chi connectivity index (χ2n) is 2.57. The zero-order valence-electron chi connectivity index (χ0n) is 7.01. The van der Waals surface area contributed by atoms with E-state index in [2.05, 4.69) is 0 Å². The zero-order valence-corrected chi connectivity index (χ0v) is 7.01. The molecule has 0 saturated carbocycles. The van der Waals surface area contributed by atoms with Crippen LogP contribution in [0.5, 0.6) is 5.75 Å². The van der Waals surface area contributed by atoms with Gasteiger partial charge in [-0.15, -0.1) is 0 Å². The van der Waals surface area contributed by atoms with Gasteiger partial charge in [-0.25, -0.2) is 4.39 Å². The minimum absolute atomic E-state index is 0.278. The molecule has 0 saturated heterocycles. The summed E-state index contributed by atoms with van der Waals surface area (Å²) in [5, 5.41) is 0.